The molecule has 0 aliphatic rings. The maximum Gasteiger partial charge on any atom is 0.209 e. The third kappa shape index (κ3) is 10.3. The van der Waals surface area contributed by atoms with Crippen molar-refractivity contribution < 1.29 is 12.8 Å². The number of hydrogen-bond donors (Lipinski definition) is 1. The first-order valence-electron chi connectivity index (χ1n) is 14.4. The molecule has 0 heterocycles. The maximum atomic E-state index is 14.2. The van der Waals surface area contributed by atoms with Crippen LogP contribution in [0.25, 0.3) is 10.8 Å². The number of halogens is 3. The Morgan fingerprint density at radius 2 is 1.30 bits per heavy atom. The van der Waals surface area contributed by atoms with Crippen LogP contribution in [0.1, 0.15) is 5.56 Å². The van der Waals surface area contributed by atoms with E-state index in [2.05, 4.69) is 5.32 Å². The molecular weight excluding hydrogens is 628 g/mol. The summed E-state index contributed by atoms with van der Waals surface area (Å²) in [5, 5.41) is 5.19. The van der Waals surface area contributed by atoms with E-state index in [0.29, 0.717) is 26.7 Å². The molecule has 19 radical (unpaired) electrons. The minimum Gasteiger partial charge on any atom is -0.380 e. The van der Waals surface area contributed by atoms with Gasteiger partial charge in [-0.1, -0.05) is 59.6 Å². The Balaban J connectivity index is 0.000000303. The quantitative estimate of drug-likeness (QED) is 0.226. The molecule has 24 heteroatoms. The zero-order valence-corrected chi connectivity index (χ0v) is 27.7. The summed E-state index contributed by atoms with van der Waals surface area (Å²) < 4.78 is 41.2. The second-order valence-electron chi connectivity index (χ2n) is 10.9. The van der Waals surface area contributed by atoms with Crippen molar-refractivity contribution in [2.45, 2.75) is 16.3 Å². The van der Waals surface area contributed by atoms with Crippen LogP contribution in [0.4, 0.5) is 10.1 Å². The zero-order chi connectivity index (χ0) is 35.1. The van der Waals surface area contributed by atoms with Crippen LogP contribution in [0.2, 0.25) is 10.0 Å². The molecule has 0 bridgehead atoms. The first-order valence-corrected chi connectivity index (χ1v) is 16.6. The molecule has 0 aliphatic heterocycles. The van der Waals surface area contributed by atoms with Gasteiger partial charge in [-0.25, -0.2) is 12.8 Å². The fourth-order valence-electron chi connectivity index (χ4n) is 5.31. The first-order chi connectivity index (χ1) is 22.1. The van der Waals surface area contributed by atoms with Crippen molar-refractivity contribution in [2.75, 3.05) is 5.32 Å². The van der Waals surface area contributed by atoms with Crippen LogP contribution >= 0.6 is 23.2 Å². The van der Waals surface area contributed by atoms with Crippen molar-refractivity contribution >= 4 is 171 Å². The van der Waals surface area contributed by atoms with Crippen molar-refractivity contribution in [3.8, 4) is 0 Å². The Hall–Kier alpha value is -1.50. The third-order valence-electron chi connectivity index (χ3n) is 7.65. The van der Waals surface area contributed by atoms with Crippen LogP contribution in [0.3, 0.4) is 0 Å². The van der Waals surface area contributed by atoms with Gasteiger partial charge in [0.05, 0.1) is 10.6 Å². The van der Waals surface area contributed by atoms with Gasteiger partial charge in [0.15, 0.2) is 0 Å². The Morgan fingerprint density at radius 1 is 0.723 bits per heavy atom. The summed E-state index contributed by atoms with van der Waals surface area (Å²) in [6, 6.07) is 21.2. The fourth-order valence-corrected chi connectivity index (χ4v) is 7.23. The molecule has 4 aromatic rings. The molecule has 0 amide bonds. The molecule has 1 N–H and O–H groups in total. The Bertz CT molecular complexity index is 1730. The van der Waals surface area contributed by atoms with E-state index in [1.165, 1.54) is 37.4 Å². The van der Waals surface area contributed by atoms with Gasteiger partial charge in [-0.15, -0.1) is 0 Å². The molecule has 4 rings (SSSR count). The van der Waals surface area contributed by atoms with E-state index in [-0.39, 0.29) is 16.3 Å². The number of rotatable bonds is 12. The maximum absolute atomic E-state index is 14.2. The molecule has 0 unspecified atom stereocenters. The monoisotopic (exact) mass is 646 g/mol. The Labute approximate surface area is 303 Å². The minimum absolute atomic E-state index is 0.102. The second kappa shape index (κ2) is 17.9. The van der Waals surface area contributed by atoms with Gasteiger partial charge in [0.2, 0.25) is 9.84 Å². The van der Waals surface area contributed by atoms with E-state index in [0.717, 1.165) is 5.39 Å². The average molecular weight is 644 g/mol. The van der Waals surface area contributed by atoms with Crippen LogP contribution < -0.4 is 5.32 Å². The summed E-state index contributed by atoms with van der Waals surface area (Å²) in [6.45, 7) is 0.102. The van der Waals surface area contributed by atoms with Crippen LogP contribution in [-0.4, -0.2) is 130 Å². The van der Waals surface area contributed by atoms with E-state index in [4.69, 9.17) is 92.8 Å². The van der Waals surface area contributed by atoms with E-state index in [1.54, 1.807) is 30.3 Å². The average Bonchev–Trinajstić information content (AvgIpc) is 3.00. The summed E-state index contributed by atoms with van der Waals surface area (Å²) >= 11 is 11.7. The number of hydrogen-bond acceptors (Lipinski definition) is 3. The molecule has 0 aromatic heterocycles. The van der Waals surface area contributed by atoms with Crippen molar-refractivity contribution in [3.05, 3.63) is 100 Å². The van der Waals surface area contributed by atoms with E-state index < -0.39 is 60.4 Å². The lowest BCUT2D eigenvalue weighted by Gasteiger charge is -2.38. The van der Waals surface area contributed by atoms with Gasteiger partial charge in [-0.05, 0) is 47.9 Å². The molecule has 0 aliphatic carbocycles. The SMILES string of the molecule is O=S(=O)(c1ccc(Cl)cc1)c1c(NCc2ccc(Cl)cc2F)ccc2ccccc12.[B][B]B(B([B])[B])B(B([B])[B])B(B([B])[B])B([B])[B]. The van der Waals surface area contributed by atoms with Crippen molar-refractivity contribution in [1.29, 1.82) is 0 Å². The Kier molecular flexibility index (Phi) is 15.3. The van der Waals surface area contributed by atoms with Crippen LogP contribution in [-0.2, 0) is 16.4 Å². The van der Waals surface area contributed by atoms with Gasteiger partial charge < -0.3 is 5.32 Å². The number of fused-ring (bicyclic) bond motifs is 1. The van der Waals surface area contributed by atoms with Gasteiger partial charge in [0.25, 0.3) is 0 Å². The van der Waals surface area contributed by atoms with Crippen LogP contribution in [0.5, 0.6) is 0 Å². The van der Waals surface area contributed by atoms with Gasteiger partial charge in [0.1, 0.15) is 10.7 Å². The lowest BCUT2D eigenvalue weighted by Crippen LogP contribution is -2.76. The smallest absolute Gasteiger partial charge is 0.209 e. The molecule has 3 nitrogen and oxygen atoms in total. The second-order valence-corrected chi connectivity index (χ2v) is 13.7. The van der Waals surface area contributed by atoms with Gasteiger partial charge in [-0.3, -0.25) is 0 Å². The highest BCUT2D eigenvalue weighted by molar-refractivity contribution is 8.15. The number of benzene rings is 4. The molecule has 0 saturated carbocycles. The third-order valence-corrected chi connectivity index (χ3v) is 10.0. The van der Waals surface area contributed by atoms with E-state index in [1.807, 2.05) is 18.2 Å². The summed E-state index contributed by atoms with van der Waals surface area (Å²) in [5.41, 5.74) is 0.764. The molecule has 203 valence electrons. The van der Waals surface area contributed by atoms with Gasteiger partial charge in [0, 0.05) is 149 Å². The lowest BCUT2D eigenvalue weighted by atomic mass is 8.43. The molecule has 0 saturated heterocycles. The molecule has 4 aromatic carbocycles. The van der Waals surface area contributed by atoms with Crippen LogP contribution in [0.15, 0.2) is 88.7 Å². The Morgan fingerprint density at radius 3 is 1.83 bits per heavy atom. The minimum atomic E-state index is -3.87. The van der Waals surface area contributed by atoms with E-state index >= 15 is 0 Å². The lowest BCUT2D eigenvalue weighted by molar-refractivity contribution is 0.597. The molecule has 0 spiro atoms. The number of anilines is 1. The van der Waals surface area contributed by atoms with Gasteiger partial charge in [-0.2, -0.15) is 0 Å². The summed E-state index contributed by atoms with van der Waals surface area (Å²) in [6.07, 6.45) is -4.66. The highest BCUT2D eigenvalue weighted by atomic mass is 35.5. The largest absolute Gasteiger partial charge is 0.380 e. The van der Waals surface area contributed by atoms with Gasteiger partial charge >= 0.3 is 0 Å². The molecule has 0 fully saturated rings. The first kappa shape index (κ1) is 39.9. The normalized spacial score (nSPS) is 10.6. The highest BCUT2D eigenvalue weighted by Crippen LogP contribution is 2.35. The van der Waals surface area contributed by atoms with Crippen molar-refractivity contribution in [1.82, 2.24) is 0 Å². The topological polar surface area (TPSA) is 46.2 Å². The predicted octanol–water partition coefficient (Wildman–Crippen LogP) is 0.257. The van der Waals surface area contributed by atoms with E-state index in [9.17, 15) is 12.8 Å². The molecule has 0 atom stereocenters. The highest BCUT2D eigenvalue weighted by Gasteiger charge is 2.39. The summed E-state index contributed by atoms with van der Waals surface area (Å²) in [4.78, 5) is 0.265. The molecular formula is C23H16B17Cl2FNO2S. The number of sulfone groups is 1. The van der Waals surface area contributed by atoms with Crippen molar-refractivity contribution in [3.63, 3.8) is 0 Å². The van der Waals surface area contributed by atoms with Crippen molar-refractivity contribution in [2.24, 2.45) is 0 Å². The zero-order valence-electron chi connectivity index (χ0n) is 25.4. The number of nitrogens with one attached hydrogen (secondary N) is 1. The summed E-state index contributed by atoms with van der Waals surface area (Å²) in [7, 11) is 48.1. The van der Waals surface area contributed by atoms with Crippen LogP contribution in [0, 0.1) is 5.82 Å². The summed E-state index contributed by atoms with van der Waals surface area (Å²) in [5.74, 6) is -0.460. The fraction of sp³-hybridized carbons (Fsp3) is 0.0435. The molecule has 47 heavy (non-hydrogen) atoms. The predicted molar refractivity (Wildman–Crippen MR) is 217 cm³/mol. The standard InChI is InChI=1S/C23H16Cl2FNO2S.B17/c24-17-8-10-19(11-9-17)30(28,29)23-20-4-2-1-3-15(20)6-12-22(23)27-14-16-5-7-18(25)13-21(16)26;1-10-15(11(2)3)17(14(8)9)16(12(4)5)13(6)7/h1-13,27H,14H2;.